The number of aromatic nitrogens is 4. The van der Waals surface area contributed by atoms with E-state index in [-0.39, 0.29) is 12.4 Å². The summed E-state index contributed by atoms with van der Waals surface area (Å²) in [5.41, 5.74) is 7.06. The average molecular weight is 357 g/mol. The lowest BCUT2D eigenvalue weighted by molar-refractivity contribution is 0.124. The van der Waals surface area contributed by atoms with Crippen molar-refractivity contribution in [2.24, 2.45) is 0 Å². The maximum absolute atomic E-state index is 12.3. The molecular formula is C14H24N5O4P. The maximum atomic E-state index is 12.3. The van der Waals surface area contributed by atoms with Crippen LogP contribution in [-0.2, 0) is 18.3 Å². The molecule has 1 atom stereocenters. The molecular weight excluding hydrogens is 333 g/mol. The molecule has 0 spiro atoms. The van der Waals surface area contributed by atoms with E-state index in [0.29, 0.717) is 43.2 Å². The fourth-order valence-electron chi connectivity index (χ4n) is 2.27. The van der Waals surface area contributed by atoms with Gasteiger partial charge in [0.25, 0.3) is 0 Å². The largest absolute Gasteiger partial charge is 0.382 e. The Hall–Kier alpha value is -1.54. The molecule has 0 radical (unpaired) electrons. The molecule has 0 saturated heterocycles. The number of ether oxygens (including phenoxy) is 1. The first-order valence-electron chi connectivity index (χ1n) is 7.89. The zero-order chi connectivity index (χ0) is 17.6. The highest BCUT2D eigenvalue weighted by Gasteiger charge is 2.23. The third-order valence-electron chi connectivity index (χ3n) is 3.44. The first-order chi connectivity index (χ1) is 11.5. The summed E-state index contributed by atoms with van der Waals surface area (Å²) >= 11 is 0. The molecule has 0 aliphatic carbocycles. The second kappa shape index (κ2) is 8.53. The quantitative estimate of drug-likeness (QED) is 0.510. The van der Waals surface area contributed by atoms with Crippen molar-refractivity contribution in [2.75, 3.05) is 31.9 Å². The van der Waals surface area contributed by atoms with Crippen molar-refractivity contribution in [2.45, 2.75) is 33.2 Å². The monoisotopic (exact) mass is 357 g/mol. The molecule has 10 heteroatoms. The predicted molar refractivity (Wildman–Crippen MR) is 90.7 cm³/mol. The predicted octanol–water partition coefficient (Wildman–Crippen LogP) is 2.60. The van der Waals surface area contributed by atoms with Gasteiger partial charge < -0.3 is 24.1 Å². The minimum absolute atomic E-state index is 0.0544. The number of nitrogens with two attached hydrogens (primary N) is 1. The molecule has 0 aromatic carbocycles. The van der Waals surface area contributed by atoms with Crippen molar-refractivity contribution < 1.29 is 18.3 Å². The van der Waals surface area contributed by atoms with Crippen LogP contribution < -0.4 is 5.73 Å². The number of imidazole rings is 1. The Morgan fingerprint density at radius 3 is 2.62 bits per heavy atom. The van der Waals surface area contributed by atoms with Crippen LogP contribution >= 0.6 is 7.60 Å². The minimum atomic E-state index is -3.16. The highest BCUT2D eigenvalue weighted by Crippen LogP contribution is 2.47. The fourth-order valence-corrected chi connectivity index (χ4v) is 3.63. The molecule has 0 aliphatic rings. The van der Waals surface area contributed by atoms with Gasteiger partial charge in [0.2, 0.25) is 0 Å². The summed E-state index contributed by atoms with van der Waals surface area (Å²) in [6, 6.07) is 0.0860. The zero-order valence-corrected chi connectivity index (χ0v) is 15.1. The number of nitrogen functional groups attached to an aromatic ring is 1. The molecule has 9 nitrogen and oxygen atoms in total. The van der Waals surface area contributed by atoms with E-state index < -0.39 is 7.60 Å². The van der Waals surface area contributed by atoms with E-state index in [0.717, 1.165) is 0 Å². The van der Waals surface area contributed by atoms with E-state index in [9.17, 15) is 4.57 Å². The summed E-state index contributed by atoms with van der Waals surface area (Å²) in [7, 11) is -3.16. The summed E-state index contributed by atoms with van der Waals surface area (Å²) in [5, 5.41) is 0. The number of fused-ring (bicyclic) bond motifs is 1. The van der Waals surface area contributed by atoms with Gasteiger partial charge in [-0.1, -0.05) is 0 Å². The third-order valence-corrected chi connectivity index (χ3v) is 5.24. The Bertz CT molecular complexity index is 698. The SMILES string of the molecule is CCOP(=O)(COCC[C@H](C)n1cnc2c(N)ncnc21)OCC. The summed E-state index contributed by atoms with van der Waals surface area (Å²) in [5.74, 6) is 0.358. The number of rotatable bonds is 10. The average Bonchev–Trinajstić information content (AvgIpc) is 2.97. The van der Waals surface area contributed by atoms with Crippen LogP contribution in [0.4, 0.5) is 5.82 Å². The molecule has 2 heterocycles. The van der Waals surface area contributed by atoms with E-state index >= 15 is 0 Å². The second-order valence-electron chi connectivity index (χ2n) is 5.20. The van der Waals surface area contributed by atoms with E-state index in [1.165, 1.54) is 6.33 Å². The third kappa shape index (κ3) is 4.51. The Labute approximate surface area is 141 Å². The van der Waals surface area contributed by atoms with Gasteiger partial charge in [-0.05, 0) is 27.2 Å². The van der Waals surface area contributed by atoms with E-state index in [4.69, 9.17) is 19.5 Å². The minimum Gasteiger partial charge on any atom is -0.382 e. The van der Waals surface area contributed by atoms with Crippen molar-refractivity contribution in [3.05, 3.63) is 12.7 Å². The molecule has 2 N–H and O–H groups in total. The zero-order valence-electron chi connectivity index (χ0n) is 14.2. The summed E-state index contributed by atoms with van der Waals surface area (Å²) < 4.78 is 30.1. The molecule has 134 valence electrons. The fraction of sp³-hybridized carbons (Fsp3) is 0.643. The Morgan fingerprint density at radius 2 is 1.96 bits per heavy atom. The van der Waals surface area contributed by atoms with Crippen molar-refractivity contribution in [3.8, 4) is 0 Å². The van der Waals surface area contributed by atoms with E-state index in [1.807, 2.05) is 11.5 Å². The van der Waals surface area contributed by atoms with Crippen LogP contribution in [0.2, 0.25) is 0 Å². The van der Waals surface area contributed by atoms with Crippen molar-refractivity contribution in [1.82, 2.24) is 19.5 Å². The van der Waals surface area contributed by atoms with E-state index in [1.54, 1.807) is 20.2 Å². The molecule has 2 aromatic heterocycles. The lowest BCUT2D eigenvalue weighted by Gasteiger charge is -2.18. The standard InChI is InChI=1S/C14H24N5O4P/c1-4-22-24(20,23-5-2)10-21-7-6-11(3)19-9-18-12-13(15)16-8-17-14(12)19/h8-9,11H,4-7,10H2,1-3H3,(H2,15,16,17)/t11-/m0/s1. The molecule has 0 bridgehead atoms. The summed E-state index contributed by atoms with van der Waals surface area (Å²) in [6.45, 7) is 6.61. The number of hydrogen-bond acceptors (Lipinski definition) is 8. The van der Waals surface area contributed by atoms with Crippen LogP contribution in [0, 0.1) is 0 Å². The molecule has 0 unspecified atom stereocenters. The second-order valence-corrected chi connectivity index (χ2v) is 7.20. The molecule has 24 heavy (non-hydrogen) atoms. The van der Waals surface area contributed by atoms with Gasteiger partial charge in [-0.3, -0.25) is 4.57 Å². The Balaban J connectivity index is 1.90. The van der Waals surface area contributed by atoms with Crippen LogP contribution in [0.3, 0.4) is 0 Å². The van der Waals surface area contributed by atoms with Gasteiger partial charge >= 0.3 is 7.60 Å². The lowest BCUT2D eigenvalue weighted by atomic mass is 10.2. The smallest absolute Gasteiger partial charge is 0.356 e. The number of anilines is 1. The lowest BCUT2D eigenvalue weighted by Crippen LogP contribution is -2.10. The maximum Gasteiger partial charge on any atom is 0.356 e. The highest BCUT2D eigenvalue weighted by atomic mass is 31.2. The van der Waals surface area contributed by atoms with Crippen LogP contribution in [-0.4, -0.2) is 45.7 Å². The van der Waals surface area contributed by atoms with Gasteiger partial charge in [-0.25, -0.2) is 15.0 Å². The molecule has 0 amide bonds. The molecule has 2 aromatic rings. The molecule has 0 fully saturated rings. The van der Waals surface area contributed by atoms with Crippen molar-refractivity contribution >= 4 is 24.6 Å². The van der Waals surface area contributed by atoms with Gasteiger partial charge in [0.15, 0.2) is 11.5 Å². The normalized spacial score (nSPS) is 13.5. The number of nitrogens with zero attached hydrogens (tertiary/aromatic N) is 4. The van der Waals surface area contributed by atoms with Crippen molar-refractivity contribution in [1.29, 1.82) is 0 Å². The van der Waals surface area contributed by atoms with Gasteiger partial charge in [0.05, 0.1) is 19.5 Å². The molecule has 0 saturated carbocycles. The summed E-state index contributed by atoms with van der Waals surface area (Å²) in [6.07, 6.45) is 3.74. The first kappa shape index (κ1) is 18.8. The van der Waals surface area contributed by atoms with Crippen LogP contribution in [0.15, 0.2) is 12.7 Å². The Kier molecular flexibility index (Phi) is 6.68. The first-order valence-corrected chi connectivity index (χ1v) is 9.62. The van der Waals surface area contributed by atoms with Crippen LogP contribution in [0.5, 0.6) is 0 Å². The van der Waals surface area contributed by atoms with Crippen LogP contribution in [0.1, 0.15) is 33.2 Å². The number of hydrogen-bond donors (Lipinski definition) is 1. The van der Waals surface area contributed by atoms with Gasteiger partial charge in [0.1, 0.15) is 18.2 Å². The summed E-state index contributed by atoms with van der Waals surface area (Å²) in [4.78, 5) is 12.4. The van der Waals surface area contributed by atoms with Crippen LogP contribution in [0.25, 0.3) is 11.2 Å². The van der Waals surface area contributed by atoms with Gasteiger partial charge in [-0.2, -0.15) is 0 Å². The molecule has 0 aliphatic heterocycles. The highest BCUT2D eigenvalue weighted by molar-refractivity contribution is 7.53. The van der Waals surface area contributed by atoms with Gasteiger partial charge in [0, 0.05) is 12.6 Å². The van der Waals surface area contributed by atoms with Gasteiger partial charge in [-0.15, -0.1) is 0 Å². The van der Waals surface area contributed by atoms with E-state index in [2.05, 4.69) is 15.0 Å². The topological polar surface area (TPSA) is 114 Å². The van der Waals surface area contributed by atoms with Crippen molar-refractivity contribution in [3.63, 3.8) is 0 Å². The Morgan fingerprint density at radius 1 is 1.25 bits per heavy atom. The molecule has 2 rings (SSSR count).